The quantitative estimate of drug-likeness (QED) is 0.914. The van der Waals surface area contributed by atoms with Crippen molar-refractivity contribution >= 4 is 28.6 Å². The van der Waals surface area contributed by atoms with E-state index < -0.39 is 0 Å². The molecule has 1 heterocycles. The van der Waals surface area contributed by atoms with E-state index in [-0.39, 0.29) is 6.04 Å². The molecule has 1 aromatic heterocycles. The Morgan fingerprint density at radius 2 is 2.24 bits per heavy atom. The molecule has 0 radical (unpaired) electrons. The summed E-state index contributed by atoms with van der Waals surface area (Å²) in [7, 11) is 1.60. The molecule has 0 spiro atoms. The number of anilines is 1. The zero-order valence-electron chi connectivity index (χ0n) is 10.2. The van der Waals surface area contributed by atoms with Gasteiger partial charge >= 0.3 is 0 Å². The fourth-order valence-corrected chi connectivity index (χ4v) is 2.26. The summed E-state index contributed by atoms with van der Waals surface area (Å²) in [5.41, 5.74) is 7.59. The van der Waals surface area contributed by atoms with E-state index in [1.807, 2.05) is 10.6 Å². The average Bonchev–Trinajstić information content (AvgIpc) is 2.66. The maximum Gasteiger partial charge on any atom is 0.201 e. The first-order valence-corrected chi connectivity index (χ1v) is 5.97. The van der Waals surface area contributed by atoms with Crippen molar-refractivity contribution in [3.05, 3.63) is 17.2 Å². The van der Waals surface area contributed by atoms with Crippen LogP contribution in [0.2, 0.25) is 5.02 Å². The maximum absolute atomic E-state index is 6.32. The number of benzene rings is 1. The molecule has 0 aliphatic rings. The lowest BCUT2D eigenvalue weighted by molar-refractivity contribution is 0.415. The van der Waals surface area contributed by atoms with E-state index >= 15 is 0 Å². The van der Waals surface area contributed by atoms with Gasteiger partial charge in [-0.2, -0.15) is 0 Å². The summed E-state index contributed by atoms with van der Waals surface area (Å²) in [5, 5.41) is 0.564. The molecule has 1 aromatic carbocycles. The highest BCUT2D eigenvalue weighted by atomic mass is 35.5. The summed E-state index contributed by atoms with van der Waals surface area (Å²) < 4.78 is 7.18. The Morgan fingerprint density at radius 1 is 1.53 bits per heavy atom. The highest BCUT2D eigenvalue weighted by molar-refractivity contribution is 6.36. The van der Waals surface area contributed by atoms with Crippen LogP contribution in [0.5, 0.6) is 5.75 Å². The largest absolute Gasteiger partial charge is 0.495 e. The highest BCUT2D eigenvalue weighted by Gasteiger charge is 2.17. The first kappa shape index (κ1) is 12.0. The van der Waals surface area contributed by atoms with Crippen LogP contribution in [-0.4, -0.2) is 16.7 Å². The van der Waals surface area contributed by atoms with Crippen LogP contribution in [0.4, 0.5) is 5.95 Å². The van der Waals surface area contributed by atoms with Gasteiger partial charge in [0, 0.05) is 6.04 Å². The summed E-state index contributed by atoms with van der Waals surface area (Å²) >= 11 is 6.32. The minimum absolute atomic E-state index is 0.254. The number of nitrogens with zero attached hydrogens (tertiary/aromatic N) is 2. The number of ether oxygens (including phenoxy) is 1. The van der Waals surface area contributed by atoms with Crippen molar-refractivity contribution < 1.29 is 4.74 Å². The molecule has 1 atom stereocenters. The predicted octanol–water partition coefficient (Wildman–Crippen LogP) is 3.25. The topological polar surface area (TPSA) is 53.1 Å². The van der Waals surface area contributed by atoms with Gasteiger partial charge in [-0.05, 0) is 25.5 Å². The second kappa shape index (κ2) is 4.45. The van der Waals surface area contributed by atoms with Gasteiger partial charge in [0.25, 0.3) is 0 Å². The Bertz CT molecular complexity index is 550. The summed E-state index contributed by atoms with van der Waals surface area (Å²) in [5.74, 6) is 1.13. The second-order valence-corrected chi connectivity index (χ2v) is 4.42. The molecule has 0 saturated carbocycles. The van der Waals surface area contributed by atoms with Crippen molar-refractivity contribution in [2.75, 3.05) is 12.8 Å². The van der Waals surface area contributed by atoms with E-state index in [1.54, 1.807) is 13.2 Å². The minimum Gasteiger partial charge on any atom is -0.495 e. The number of halogens is 1. The molecule has 0 aliphatic heterocycles. The number of nitrogens with two attached hydrogens (primary N) is 1. The number of hydrogen-bond donors (Lipinski definition) is 1. The first-order chi connectivity index (χ1) is 8.10. The Labute approximate surface area is 105 Å². The molecule has 0 aliphatic carbocycles. The van der Waals surface area contributed by atoms with Crippen molar-refractivity contribution in [3.63, 3.8) is 0 Å². The Morgan fingerprint density at radius 3 is 2.82 bits per heavy atom. The SMILES string of the molecule is CCC(C)n1c(N)nc2ccc(OC)c(Cl)c21. The van der Waals surface area contributed by atoms with Gasteiger partial charge in [0.1, 0.15) is 10.8 Å². The van der Waals surface area contributed by atoms with Gasteiger partial charge in [0.15, 0.2) is 0 Å². The molecule has 2 rings (SSSR count). The van der Waals surface area contributed by atoms with Crippen LogP contribution in [0.25, 0.3) is 11.0 Å². The first-order valence-electron chi connectivity index (χ1n) is 5.60. The van der Waals surface area contributed by atoms with Gasteiger partial charge in [-0.3, -0.25) is 0 Å². The van der Waals surface area contributed by atoms with E-state index in [9.17, 15) is 0 Å². The number of rotatable bonds is 3. The zero-order chi connectivity index (χ0) is 12.6. The molecular formula is C12H16ClN3O. The maximum atomic E-state index is 6.32. The molecule has 0 amide bonds. The van der Waals surface area contributed by atoms with E-state index in [1.165, 1.54) is 0 Å². The second-order valence-electron chi connectivity index (χ2n) is 4.05. The normalized spacial score (nSPS) is 12.9. The van der Waals surface area contributed by atoms with Gasteiger partial charge in [0.05, 0.1) is 18.1 Å². The van der Waals surface area contributed by atoms with Gasteiger partial charge in [0.2, 0.25) is 5.95 Å². The number of imidazole rings is 1. The summed E-state index contributed by atoms with van der Waals surface area (Å²) in [6, 6.07) is 3.93. The fraction of sp³-hybridized carbons (Fsp3) is 0.417. The zero-order valence-corrected chi connectivity index (χ0v) is 11.0. The third kappa shape index (κ3) is 1.82. The predicted molar refractivity (Wildman–Crippen MR) is 70.7 cm³/mol. The van der Waals surface area contributed by atoms with Crippen molar-refractivity contribution in [2.24, 2.45) is 0 Å². The number of fused-ring (bicyclic) bond motifs is 1. The van der Waals surface area contributed by atoms with E-state index in [4.69, 9.17) is 22.1 Å². The number of hydrogen-bond acceptors (Lipinski definition) is 3. The molecule has 0 saturated heterocycles. The standard InChI is InChI=1S/C12H16ClN3O/c1-4-7(2)16-11-8(15-12(16)14)5-6-9(17-3)10(11)13/h5-7H,4H2,1-3H3,(H2,14,15). The van der Waals surface area contributed by atoms with Crippen LogP contribution in [-0.2, 0) is 0 Å². The van der Waals surface area contributed by atoms with Crippen molar-refractivity contribution in [1.29, 1.82) is 0 Å². The Kier molecular flexibility index (Phi) is 3.15. The number of nitrogen functional groups attached to an aromatic ring is 1. The molecule has 92 valence electrons. The molecule has 1 unspecified atom stereocenters. The summed E-state index contributed by atoms with van der Waals surface area (Å²) in [4.78, 5) is 4.32. The van der Waals surface area contributed by atoms with Crippen molar-refractivity contribution in [3.8, 4) is 5.75 Å². The number of methoxy groups -OCH3 is 1. The van der Waals surface area contributed by atoms with Crippen LogP contribution in [0.3, 0.4) is 0 Å². The van der Waals surface area contributed by atoms with Gasteiger partial charge in [-0.1, -0.05) is 18.5 Å². The van der Waals surface area contributed by atoms with Crippen LogP contribution in [0.1, 0.15) is 26.3 Å². The van der Waals surface area contributed by atoms with E-state index in [0.717, 1.165) is 17.5 Å². The lowest BCUT2D eigenvalue weighted by atomic mass is 10.2. The molecule has 4 nitrogen and oxygen atoms in total. The average molecular weight is 254 g/mol. The van der Waals surface area contributed by atoms with Crippen LogP contribution >= 0.6 is 11.6 Å². The molecule has 17 heavy (non-hydrogen) atoms. The van der Waals surface area contributed by atoms with Crippen LogP contribution in [0, 0.1) is 0 Å². The van der Waals surface area contributed by atoms with Crippen LogP contribution < -0.4 is 10.5 Å². The Balaban J connectivity index is 2.77. The number of aromatic nitrogens is 2. The monoisotopic (exact) mass is 253 g/mol. The van der Waals surface area contributed by atoms with Gasteiger partial charge < -0.3 is 15.0 Å². The third-order valence-corrected chi connectivity index (χ3v) is 3.40. The molecule has 0 bridgehead atoms. The highest BCUT2D eigenvalue weighted by Crippen LogP contribution is 2.35. The molecule has 2 N–H and O–H groups in total. The molecule has 5 heteroatoms. The third-order valence-electron chi connectivity index (χ3n) is 3.03. The van der Waals surface area contributed by atoms with E-state index in [0.29, 0.717) is 16.7 Å². The lowest BCUT2D eigenvalue weighted by Gasteiger charge is -2.15. The summed E-state index contributed by atoms with van der Waals surface area (Å²) in [6.45, 7) is 4.19. The van der Waals surface area contributed by atoms with E-state index in [2.05, 4.69) is 18.8 Å². The van der Waals surface area contributed by atoms with Crippen molar-refractivity contribution in [1.82, 2.24) is 9.55 Å². The lowest BCUT2D eigenvalue weighted by Crippen LogP contribution is -2.08. The molecular weight excluding hydrogens is 238 g/mol. The van der Waals surface area contributed by atoms with Crippen molar-refractivity contribution in [2.45, 2.75) is 26.3 Å². The van der Waals surface area contributed by atoms with Crippen LogP contribution in [0.15, 0.2) is 12.1 Å². The molecule has 2 aromatic rings. The van der Waals surface area contributed by atoms with Gasteiger partial charge in [-0.15, -0.1) is 0 Å². The minimum atomic E-state index is 0.254. The molecule has 0 fully saturated rings. The Hall–Kier alpha value is -1.42. The summed E-state index contributed by atoms with van der Waals surface area (Å²) in [6.07, 6.45) is 0.962. The fourth-order valence-electron chi connectivity index (χ4n) is 1.93. The smallest absolute Gasteiger partial charge is 0.201 e. The van der Waals surface area contributed by atoms with Gasteiger partial charge in [-0.25, -0.2) is 4.98 Å².